The van der Waals surface area contributed by atoms with Crippen molar-refractivity contribution in [3.63, 3.8) is 0 Å². The van der Waals surface area contributed by atoms with Crippen LogP contribution in [0.1, 0.15) is 38.7 Å². The van der Waals surface area contributed by atoms with E-state index in [9.17, 15) is 27.5 Å². The molecule has 1 heterocycles. The number of amides is 3. The van der Waals surface area contributed by atoms with Crippen LogP contribution in [0.25, 0.3) is 0 Å². The number of aliphatic hydroxyl groups is 1. The van der Waals surface area contributed by atoms with E-state index in [-0.39, 0.29) is 50.3 Å². The smallest absolute Gasteiger partial charge is 0.325 e. The van der Waals surface area contributed by atoms with Gasteiger partial charge < -0.3 is 19.5 Å². The second-order valence-electron chi connectivity index (χ2n) is 9.07. The minimum absolute atomic E-state index is 0.0184. The summed E-state index contributed by atoms with van der Waals surface area (Å²) in [5, 5.41) is 13.1. The number of urea groups is 1. The molecule has 1 aliphatic heterocycles. The van der Waals surface area contributed by atoms with Gasteiger partial charge in [-0.25, -0.2) is 17.6 Å². The lowest BCUT2D eigenvalue weighted by Crippen LogP contribution is -2.50. The van der Waals surface area contributed by atoms with Gasteiger partial charge >= 0.3 is 6.03 Å². The van der Waals surface area contributed by atoms with Crippen LogP contribution in [0.4, 0.5) is 9.18 Å². The highest BCUT2D eigenvalue weighted by Gasteiger charge is 2.47. The molecule has 11 heteroatoms. The summed E-state index contributed by atoms with van der Waals surface area (Å²) in [4.78, 5) is 24.1. The van der Waals surface area contributed by atoms with Gasteiger partial charge in [-0.2, -0.15) is 0 Å². The molecular weight excluding hydrogens is 455 g/mol. The first-order valence-corrected chi connectivity index (χ1v) is 12.3. The van der Waals surface area contributed by atoms with Crippen LogP contribution in [0, 0.1) is 5.82 Å². The Morgan fingerprint density at radius 3 is 2.67 bits per heavy atom. The lowest BCUT2D eigenvalue weighted by atomic mass is 9.98. The van der Waals surface area contributed by atoms with Gasteiger partial charge in [0, 0.05) is 23.8 Å². The zero-order valence-corrected chi connectivity index (χ0v) is 19.5. The molecule has 3 amide bonds. The second-order valence-corrected chi connectivity index (χ2v) is 11.0. The molecule has 2 N–H and O–H groups in total. The van der Waals surface area contributed by atoms with Crippen molar-refractivity contribution in [2.75, 3.05) is 32.2 Å². The fourth-order valence-corrected chi connectivity index (χ4v) is 5.13. The number of carbonyl (C=O) groups is 2. The molecule has 0 radical (unpaired) electrons. The summed E-state index contributed by atoms with van der Waals surface area (Å²) in [6, 6.07) is 3.78. The van der Waals surface area contributed by atoms with Gasteiger partial charge in [0.25, 0.3) is 0 Å². The SMILES string of the molecule is CC(C)(O)COc1cc(C2(CS(=O)(=O)/C=C/COCN3CCC(=O)NC3=O)CC2)ccc1F. The number of halogens is 1. The Bertz CT molecular complexity index is 1030. The molecule has 33 heavy (non-hydrogen) atoms. The molecular formula is C22H29FN2O7S. The molecule has 0 atom stereocenters. The molecule has 0 bridgehead atoms. The second kappa shape index (κ2) is 9.78. The zero-order valence-electron chi connectivity index (χ0n) is 18.7. The predicted octanol–water partition coefficient (Wildman–Crippen LogP) is 1.85. The van der Waals surface area contributed by atoms with E-state index < -0.39 is 32.7 Å². The Labute approximate surface area is 192 Å². The average molecular weight is 485 g/mol. The molecule has 1 aromatic carbocycles. The van der Waals surface area contributed by atoms with Gasteiger partial charge in [-0.15, -0.1) is 0 Å². The van der Waals surface area contributed by atoms with Crippen LogP contribution in [0.5, 0.6) is 5.75 Å². The topological polar surface area (TPSA) is 122 Å². The highest BCUT2D eigenvalue weighted by Crippen LogP contribution is 2.50. The summed E-state index contributed by atoms with van der Waals surface area (Å²) in [6.45, 7) is 3.15. The van der Waals surface area contributed by atoms with Crippen LogP contribution in [0.3, 0.4) is 0 Å². The van der Waals surface area contributed by atoms with E-state index in [1.165, 1.54) is 23.1 Å². The number of ether oxygens (including phenoxy) is 2. The molecule has 182 valence electrons. The third-order valence-corrected chi connectivity index (χ3v) is 6.92. The van der Waals surface area contributed by atoms with E-state index >= 15 is 0 Å². The first-order chi connectivity index (χ1) is 15.4. The van der Waals surface area contributed by atoms with Gasteiger partial charge in [0.05, 0.1) is 18.0 Å². The number of hydrogen-bond acceptors (Lipinski definition) is 7. The minimum atomic E-state index is -3.58. The highest BCUT2D eigenvalue weighted by atomic mass is 32.2. The molecule has 1 aliphatic carbocycles. The fraction of sp³-hybridized carbons (Fsp3) is 0.545. The van der Waals surface area contributed by atoms with Crippen LogP contribution in [0.15, 0.2) is 29.7 Å². The molecule has 0 unspecified atom stereocenters. The molecule has 3 rings (SSSR count). The highest BCUT2D eigenvalue weighted by molar-refractivity contribution is 7.94. The van der Waals surface area contributed by atoms with E-state index in [0.717, 1.165) is 5.41 Å². The fourth-order valence-electron chi connectivity index (χ4n) is 3.44. The van der Waals surface area contributed by atoms with Crippen molar-refractivity contribution in [1.29, 1.82) is 0 Å². The van der Waals surface area contributed by atoms with Crippen LogP contribution in [0.2, 0.25) is 0 Å². The van der Waals surface area contributed by atoms with Gasteiger partial charge in [0.1, 0.15) is 13.3 Å². The Morgan fingerprint density at radius 1 is 1.30 bits per heavy atom. The monoisotopic (exact) mass is 484 g/mol. The van der Waals surface area contributed by atoms with Crippen LogP contribution in [-0.4, -0.2) is 68.2 Å². The zero-order chi connectivity index (χ0) is 24.3. The van der Waals surface area contributed by atoms with Gasteiger partial charge in [-0.05, 0) is 50.5 Å². The van der Waals surface area contributed by atoms with E-state index in [0.29, 0.717) is 18.4 Å². The van der Waals surface area contributed by atoms with Crippen LogP contribution < -0.4 is 10.1 Å². The number of imide groups is 1. The molecule has 0 spiro atoms. The lowest BCUT2D eigenvalue weighted by Gasteiger charge is -2.25. The van der Waals surface area contributed by atoms with Gasteiger partial charge in [0.2, 0.25) is 5.91 Å². The van der Waals surface area contributed by atoms with Crippen molar-refractivity contribution in [1.82, 2.24) is 10.2 Å². The Hall–Kier alpha value is -2.50. The van der Waals surface area contributed by atoms with Gasteiger partial charge in [-0.1, -0.05) is 6.07 Å². The van der Waals surface area contributed by atoms with Crippen molar-refractivity contribution in [3.05, 3.63) is 41.1 Å². The summed E-state index contributed by atoms with van der Waals surface area (Å²) in [5.74, 6) is -1.08. The largest absolute Gasteiger partial charge is 0.488 e. The Morgan fingerprint density at radius 2 is 2.03 bits per heavy atom. The number of rotatable bonds is 11. The number of nitrogens with zero attached hydrogens (tertiary/aromatic N) is 1. The third-order valence-electron chi connectivity index (χ3n) is 5.36. The molecule has 1 saturated heterocycles. The van der Waals surface area contributed by atoms with Crippen molar-refractivity contribution in [2.24, 2.45) is 0 Å². The maximum Gasteiger partial charge on any atom is 0.325 e. The standard InChI is InChI=1S/C22H29FN2O7S/c1-21(2,28)13-32-18-12-16(4-5-17(18)23)22(7-8-22)14-33(29,30)11-3-10-31-15-25-9-6-19(26)24-20(25)27/h3-5,11-12,28H,6-10,13-15H2,1-2H3,(H,24,26,27)/b11-3+. The maximum absolute atomic E-state index is 14.1. The van der Waals surface area contributed by atoms with E-state index in [4.69, 9.17) is 9.47 Å². The maximum atomic E-state index is 14.1. The van der Waals surface area contributed by atoms with Crippen molar-refractivity contribution in [3.8, 4) is 5.75 Å². The molecule has 2 fully saturated rings. The predicted molar refractivity (Wildman–Crippen MR) is 118 cm³/mol. The lowest BCUT2D eigenvalue weighted by molar-refractivity contribution is -0.122. The average Bonchev–Trinajstić information content (AvgIpc) is 3.47. The number of carbonyl (C=O) groups excluding carboxylic acids is 2. The summed E-state index contributed by atoms with van der Waals surface area (Å²) in [5.41, 5.74) is -1.07. The molecule has 9 nitrogen and oxygen atoms in total. The van der Waals surface area contributed by atoms with Crippen molar-refractivity contribution >= 4 is 21.8 Å². The normalized spacial score (nSPS) is 18.5. The van der Waals surface area contributed by atoms with Crippen molar-refractivity contribution in [2.45, 2.75) is 44.1 Å². The number of benzene rings is 1. The summed E-state index contributed by atoms with van der Waals surface area (Å²) >= 11 is 0. The van der Waals surface area contributed by atoms with Crippen LogP contribution >= 0.6 is 0 Å². The third kappa shape index (κ3) is 7.24. The Kier molecular flexibility index (Phi) is 7.45. The first kappa shape index (κ1) is 25.1. The number of sulfone groups is 1. The quantitative estimate of drug-likeness (QED) is 0.460. The van der Waals surface area contributed by atoms with Crippen molar-refractivity contribution < 1.29 is 37.0 Å². The molecule has 0 aromatic heterocycles. The van der Waals surface area contributed by atoms with Gasteiger partial charge in [-0.3, -0.25) is 10.1 Å². The minimum Gasteiger partial charge on any atom is -0.488 e. The van der Waals surface area contributed by atoms with E-state index in [1.54, 1.807) is 19.9 Å². The summed E-state index contributed by atoms with van der Waals surface area (Å²) in [6.07, 6.45) is 2.85. The van der Waals surface area contributed by atoms with Gasteiger partial charge in [0.15, 0.2) is 21.4 Å². The molecule has 1 saturated carbocycles. The summed E-state index contributed by atoms with van der Waals surface area (Å²) in [7, 11) is -3.58. The van der Waals surface area contributed by atoms with E-state index in [1.807, 2.05) is 0 Å². The number of hydrogen-bond donors (Lipinski definition) is 2. The van der Waals surface area contributed by atoms with Crippen LogP contribution in [-0.2, 0) is 24.8 Å². The first-order valence-electron chi connectivity index (χ1n) is 10.6. The summed E-state index contributed by atoms with van der Waals surface area (Å²) < 4.78 is 50.1. The Balaban J connectivity index is 1.55. The molecule has 2 aliphatic rings. The number of nitrogens with one attached hydrogen (secondary N) is 1. The van der Waals surface area contributed by atoms with E-state index in [2.05, 4.69) is 5.32 Å². The molecule has 1 aromatic rings.